The number of hydrogen-bond acceptors (Lipinski definition) is 2. The number of nitrogens with one attached hydrogen (secondary N) is 1. The molecule has 2 aliphatic rings. The molecule has 0 aromatic heterocycles. The van der Waals surface area contributed by atoms with Gasteiger partial charge in [0.25, 0.3) is 0 Å². The third kappa shape index (κ3) is 3.69. The van der Waals surface area contributed by atoms with Crippen molar-refractivity contribution in [3.05, 3.63) is 0 Å². The molecule has 1 saturated heterocycles. The van der Waals surface area contributed by atoms with Crippen LogP contribution in [0.15, 0.2) is 0 Å². The van der Waals surface area contributed by atoms with Gasteiger partial charge in [-0.2, -0.15) is 0 Å². The Morgan fingerprint density at radius 3 is 2.29 bits per heavy atom. The minimum atomic E-state index is 0.341. The SMILES string of the molecule is CC(C)(C)CC(C)(C)N1CCNC(C2CC2)C1. The number of piperazine rings is 1. The Labute approximate surface area is 107 Å². The lowest BCUT2D eigenvalue weighted by Crippen LogP contribution is -2.59. The molecule has 0 bridgehead atoms. The summed E-state index contributed by atoms with van der Waals surface area (Å²) in [4.78, 5) is 2.72. The van der Waals surface area contributed by atoms with Gasteiger partial charge in [-0.3, -0.25) is 4.90 Å². The number of hydrogen-bond donors (Lipinski definition) is 1. The molecule has 2 nitrogen and oxygen atoms in total. The van der Waals surface area contributed by atoms with Gasteiger partial charge in [-0.1, -0.05) is 20.8 Å². The number of nitrogens with zero attached hydrogens (tertiary/aromatic N) is 1. The smallest absolute Gasteiger partial charge is 0.0223 e. The first-order valence-electron chi connectivity index (χ1n) is 7.26. The summed E-state index contributed by atoms with van der Waals surface area (Å²) in [7, 11) is 0. The number of rotatable bonds is 3. The second kappa shape index (κ2) is 4.55. The highest BCUT2D eigenvalue weighted by molar-refractivity contribution is 4.96. The monoisotopic (exact) mass is 238 g/mol. The van der Waals surface area contributed by atoms with E-state index in [1.54, 1.807) is 0 Å². The van der Waals surface area contributed by atoms with E-state index in [-0.39, 0.29) is 0 Å². The molecule has 0 radical (unpaired) electrons. The van der Waals surface area contributed by atoms with Gasteiger partial charge < -0.3 is 5.32 Å². The summed E-state index contributed by atoms with van der Waals surface area (Å²) in [5, 5.41) is 3.70. The molecule has 0 spiro atoms. The van der Waals surface area contributed by atoms with Gasteiger partial charge in [-0.25, -0.2) is 0 Å². The van der Waals surface area contributed by atoms with E-state index in [2.05, 4.69) is 44.8 Å². The van der Waals surface area contributed by atoms with E-state index in [4.69, 9.17) is 0 Å². The maximum Gasteiger partial charge on any atom is 0.0223 e. The third-order valence-electron chi connectivity index (χ3n) is 4.22. The Kier molecular flexibility index (Phi) is 3.57. The molecule has 2 fully saturated rings. The van der Waals surface area contributed by atoms with Gasteiger partial charge in [0, 0.05) is 31.2 Å². The van der Waals surface area contributed by atoms with Crippen molar-refractivity contribution >= 4 is 0 Å². The molecule has 17 heavy (non-hydrogen) atoms. The zero-order chi connectivity index (χ0) is 12.7. The molecule has 2 heteroatoms. The zero-order valence-electron chi connectivity index (χ0n) is 12.3. The van der Waals surface area contributed by atoms with Gasteiger partial charge in [0.1, 0.15) is 0 Å². The first-order chi connectivity index (χ1) is 7.78. The maximum atomic E-state index is 3.70. The topological polar surface area (TPSA) is 15.3 Å². The standard InChI is InChI=1S/C15H30N2/c1-14(2,3)11-15(4,5)17-9-8-16-13(10-17)12-6-7-12/h12-13,16H,6-11H2,1-5H3. The highest BCUT2D eigenvalue weighted by Crippen LogP contribution is 2.36. The Morgan fingerprint density at radius 2 is 1.76 bits per heavy atom. The highest BCUT2D eigenvalue weighted by atomic mass is 15.3. The van der Waals surface area contributed by atoms with Gasteiger partial charge in [-0.05, 0) is 44.4 Å². The molecule has 100 valence electrons. The van der Waals surface area contributed by atoms with Crippen molar-refractivity contribution in [3.8, 4) is 0 Å². The Morgan fingerprint density at radius 1 is 1.12 bits per heavy atom. The summed E-state index contributed by atoms with van der Waals surface area (Å²) in [6.45, 7) is 15.6. The molecule has 1 aliphatic carbocycles. The van der Waals surface area contributed by atoms with Gasteiger partial charge in [0.05, 0.1) is 0 Å². The molecule has 1 heterocycles. The molecule has 1 aliphatic heterocycles. The highest BCUT2D eigenvalue weighted by Gasteiger charge is 2.39. The van der Waals surface area contributed by atoms with Crippen molar-refractivity contribution in [2.24, 2.45) is 11.3 Å². The average molecular weight is 238 g/mol. The van der Waals surface area contributed by atoms with E-state index in [1.165, 1.54) is 38.9 Å². The summed E-state index contributed by atoms with van der Waals surface area (Å²) >= 11 is 0. The first kappa shape index (κ1) is 13.4. The van der Waals surface area contributed by atoms with Crippen LogP contribution < -0.4 is 5.32 Å². The van der Waals surface area contributed by atoms with Crippen molar-refractivity contribution < 1.29 is 0 Å². The van der Waals surface area contributed by atoms with E-state index >= 15 is 0 Å². The lowest BCUT2D eigenvalue weighted by Gasteiger charge is -2.46. The molecule has 1 saturated carbocycles. The van der Waals surface area contributed by atoms with Crippen LogP contribution in [0.25, 0.3) is 0 Å². The van der Waals surface area contributed by atoms with Crippen LogP contribution in [0.3, 0.4) is 0 Å². The molecule has 0 amide bonds. The van der Waals surface area contributed by atoms with Crippen LogP contribution in [0.5, 0.6) is 0 Å². The van der Waals surface area contributed by atoms with Gasteiger partial charge in [-0.15, -0.1) is 0 Å². The molecular weight excluding hydrogens is 208 g/mol. The van der Waals surface area contributed by atoms with Gasteiger partial charge in [0.2, 0.25) is 0 Å². The van der Waals surface area contributed by atoms with Crippen LogP contribution in [-0.2, 0) is 0 Å². The minimum Gasteiger partial charge on any atom is -0.311 e. The summed E-state index contributed by atoms with van der Waals surface area (Å²) in [6.07, 6.45) is 4.17. The Hall–Kier alpha value is -0.0800. The molecule has 1 N–H and O–H groups in total. The van der Waals surface area contributed by atoms with Crippen LogP contribution >= 0.6 is 0 Å². The maximum absolute atomic E-state index is 3.70. The molecule has 0 aromatic carbocycles. The fourth-order valence-corrected chi connectivity index (χ4v) is 3.55. The second-order valence-corrected chi connectivity index (χ2v) is 7.89. The summed E-state index contributed by atoms with van der Waals surface area (Å²) in [5.74, 6) is 0.975. The Balaban J connectivity index is 1.94. The average Bonchev–Trinajstić information content (AvgIpc) is 2.97. The summed E-state index contributed by atoms with van der Waals surface area (Å²) < 4.78 is 0. The van der Waals surface area contributed by atoms with Gasteiger partial charge in [0.15, 0.2) is 0 Å². The van der Waals surface area contributed by atoms with Crippen molar-refractivity contribution in [2.75, 3.05) is 19.6 Å². The van der Waals surface area contributed by atoms with Crippen molar-refractivity contribution in [2.45, 2.75) is 65.5 Å². The van der Waals surface area contributed by atoms with Crippen LogP contribution in [0.1, 0.15) is 53.9 Å². The fourth-order valence-electron chi connectivity index (χ4n) is 3.55. The quantitative estimate of drug-likeness (QED) is 0.813. The van der Waals surface area contributed by atoms with Crippen LogP contribution in [-0.4, -0.2) is 36.1 Å². The van der Waals surface area contributed by atoms with Gasteiger partial charge >= 0.3 is 0 Å². The molecule has 0 aromatic rings. The van der Waals surface area contributed by atoms with Crippen molar-refractivity contribution in [1.82, 2.24) is 10.2 Å². The minimum absolute atomic E-state index is 0.341. The molecule has 2 rings (SSSR count). The lowest BCUT2D eigenvalue weighted by atomic mass is 9.80. The van der Waals surface area contributed by atoms with Crippen molar-refractivity contribution in [3.63, 3.8) is 0 Å². The van der Waals surface area contributed by atoms with E-state index < -0.39 is 0 Å². The Bertz CT molecular complexity index is 261. The largest absolute Gasteiger partial charge is 0.311 e. The summed E-state index contributed by atoms with van der Waals surface area (Å²) in [5.41, 5.74) is 0.761. The molecule has 1 atom stereocenters. The fraction of sp³-hybridized carbons (Fsp3) is 1.00. The van der Waals surface area contributed by atoms with Crippen molar-refractivity contribution in [1.29, 1.82) is 0 Å². The molecular formula is C15H30N2. The van der Waals surface area contributed by atoms with E-state index in [1.807, 2.05) is 0 Å². The first-order valence-corrected chi connectivity index (χ1v) is 7.26. The second-order valence-electron chi connectivity index (χ2n) is 7.89. The molecule has 1 unspecified atom stereocenters. The van der Waals surface area contributed by atoms with E-state index in [0.717, 1.165) is 12.0 Å². The lowest BCUT2D eigenvalue weighted by molar-refractivity contribution is 0.0464. The van der Waals surface area contributed by atoms with E-state index in [9.17, 15) is 0 Å². The van der Waals surface area contributed by atoms with Crippen LogP contribution in [0.2, 0.25) is 0 Å². The van der Waals surface area contributed by atoms with E-state index in [0.29, 0.717) is 11.0 Å². The van der Waals surface area contributed by atoms with Crippen LogP contribution in [0, 0.1) is 11.3 Å². The summed E-state index contributed by atoms with van der Waals surface area (Å²) in [6, 6.07) is 0.767. The predicted octanol–water partition coefficient (Wildman–Crippen LogP) is 2.89. The zero-order valence-corrected chi connectivity index (χ0v) is 12.3. The normalized spacial score (nSPS) is 28.4. The van der Waals surface area contributed by atoms with Crippen LogP contribution in [0.4, 0.5) is 0 Å². The predicted molar refractivity (Wildman–Crippen MR) is 74.2 cm³/mol. The third-order valence-corrected chi connectivity index (χ3v) is 4.22.